The fraction of sp³-hybridized carbons (Fsp3) is 0.263. The van der Waals surface area contributed by atoms with Gasteiger partial charge in [-0.05, 0) is 56.2 Å². The lowest BCUT2D eigenvalue weighted by molar-refractivity contribution is -0.119. The Balaban J connectivity index is 2.18. The van der Waals surface area contributed by atoms with Crippen LogP contribution >= 0.6 is 0 Å². The number of anilines is 1. The van der Waals surface area contributed by atoms with Crippen molar-refractivity contribution in [1.29, 1.82) is 0 Å². The summed E-state index contributed by atoms with van der Waals surface area (Å²) in [6.45, 7) is 5.03. The van der Waals surface area contributed by atoms with Crippen LogP contribution in [0, 0.1) is 13.8 Å². The topological polar surface area (TPSA) is 99.1 Å². The highest BCUT2D eigenvalue weighted by molar-refractivity contribution is 7.92. The van der Waals surface area contributed by atoms with E-state index in [0.717, 1.165) is 21.7 Å². The lowest BCUT2D eigenvalue weighted by Gasteiger charge is -2.22. The summed E-state index contributed by atoms with van der Waals surface area (Å²) in [5.41, 5.74) is 5.59. The van der Waals surface area contributed by atoms with E-state index in [1.807, 2.05) is 13.8 Å². The number of hydrazone groups is 1. The first-order chi connectivity index (χ1) is 12.6. The van der Waals surface area contributed by atoms with Crippen LogP contribution in [-0.4, -0.2) is 37.9 Å². The number of aromatic hydroxyl groups is 1. The molecule has 0 aliphatic carbocycles. The van der Waals surface area contributed by atoms with E-state index in [4.69, 9.17) is 0 Å². The number of hydrogen-bond donors (Lipinski definition) is 2. The Bertz CT molecular complexity index is 984. The van der Waals surface area contributed by atoms with Gasteiger partial charge in [0.2, 0.25) is 10.0 Å². The summed E-state index contributed by atoms with van der Waals surface area (Å²) in [5.74, 6) is -0.547. The minimum atomic E-state index is -3.66. The van der Waals surface area contributed by atoms with Crippen LogP contribution in [0.15, 0.2) is 47.6 Å². The summed E-state index contributed by atoms with van der Waals surface area (Å²) in [4.78, 5) is 12.3. The first-order valence-electron chi connectivity index (χ1n) is 8.26. The quantitative estimate of drug-likeness (QED) is 0.585. The van der Waals surface area contributed by atoms with Gasteiger partial charge in [0.05, 0.1) is 17.7 Å². The van der Waals surface area contributed by atoms with Crippen LogP contribution in [0.2, 0.25) is 0 Å². The third-order valence-electron chi connectivity index (χ3n) is 4.11. The molecule has 0 saturated heterocycles. The van der Waals surface area contributed by atoms with E-state index < -0.39 is 22.5 Å². The third kappa shape index (κ3) is 5.30. The molecular formula is C19H23N3O4S. The predicted octanol–water partition coefficient (Wildman–Crippen LogP) is 2.32. The molecule has 0 aliphatic rings. The van der Waals surface area contributed by atoms with E-state index in [1.165, 1.54) is 6.07 Å². The van der Waals surface area contributed by atoms with E-state index >= 15 is 0 Å². The molecule has 0 radical (unpaired) electrons. The zero-order valence-electron chi connectivity index (χ0n) is 15.7. The molecule has 0 unspecified atom stereocenters. The lowest BCUT2D eigenvalue weighted by Crippen LogP contribution is -2.39. The highest BCUT2D eigenvalue weighted by Crippen LogP contribution is 2.21. The molecule has 2 rings (SSSR count). The van der Waals surface area contributed by atoms with Crippen molar-refractivity contribution in [2.45, 2.75) is 20.8 Å². The standard InChI is InChI=1S/C19H23N3O4S/c1-13-9-10-16(11-14(13)2)22(27(4,25)26)12-19(24)21-20-15(3)17-7-5-6-8-18(17)23/h5-11,23H,12H2,1-4H3,(H,21,24)/b20-15-. The van der Waals surface area contributed by atoms with Gasteiger partial charge in [-0.15, -0.1) is 0 Å². The molecule has 1 amide bonds. The van der Waals surface area contributed by atoms with Gasteiger partial charge in [-0.2, -0.15) is 5.10 Å². The SMILES string of the molecule is C/C(=N/NC(=O)CN(c1ccc(C)c(C)c1)S(C)(=O)=O)c1ccccc1O. The van der Waals surface area contributed by atoms with Crippen molar-refractivity contribution in [2.24, 2.45) is 5.10 Å². The molecule has 0 fully saturated rings. The van der Waals surface area contributed by atoms with Crippen molar-refractivity contribution in [1.82, 2.24) is 5.43 Å². The Morgan fingerprint density at radius 2 is 1.81 bits per heavy atom. The van der Waals surface area contributed by atoms with Crippen molar-refractivity contribution in [3.05, 3.63) is 59.2 Å². The summed E-state index contributed by atoms with van der Waals surface area (Å²) in [7, 11) is -3.66. The number of hydrogen-bond acceptors (Lipinski definition) is 5. The molecule has 2 aromatic rings. The monoisotopic (exact) mass is 389 g/mol. The minimum absolute atomic E-state index is 0.0425. The Morgan fingerprint density at radius 1 is 1.15 bits per heavy atom. The molecule has 2 N–H and O–H groups in total. The summed E-state index contributed by atoms with van der Waals surface area (Å²) >= 11 is 0. The zero-order chi connectivity index (χ0) is 20.2. The number of sulfonamides is 1. The van der Waals surface area contributed by atoms with Crippen LogP contribution in [0.4, 0.5) is 5.69 Å². The molecule has 0 atom stereocenters. The maximum atomic E-state index is 12.3. The van der Waals surface area contributed by atoms with Gasteiger partial charge >= 0.3 is 0 Å². The molecule has 27 heavy (non-hydrogen) atoms. The number of amides is 1. The Kier molecular flexibility index (Phi) is 6.22. The maximum absolute atomic E-state index is 12.3. The highest BCUT2D eigenvalue weighted by atomic mass is 32.2. The average molecular weight is 389 g/mol. The second-order valence-corrected chi connectivity index (χ2v) is 8.19. The van der Waals surface area contributed by atoms with Gasteiger partial charge in [-0.1, -0.05) is 18.2 Å². The van der Waals surface area contributed by atoms with Gasteiger partial charge in [0.25, 0.3) is 5.91 Å². The number of phenolic OH excluding ortho intramolecular Hbond substituents is 1. The molecule has 8 heteroatoms. The van der Waals surface area contributed by atoms with E-state index in [-0.39, 0.29) is 5.75 Å². The second-order valence-electron chi connectivity index (χ2n) is 6.29. The molecular weight excluding hydrogens is 366 g/mol. The molecule has 0 aliphatic heterocycles. The van der Waals surface area contributed by atoms with Gasteiger partial charge < -0.3 is 5.11 Å². The minimum Gasteiger partial charge on any atom is -0.507 e. The number of carbonyl (C=O) groups excluding carboxylic acids is 1. The molecule has 2 aromatic carbocycles. The van der Waals surface area contributed by atoms with Crippen LogP contribution < -0.4 is 9.73 Å². The fourth-order valence-electron chi connectivity index (χ4n) is 2.43. The number of nitrogens with zero attached hydrogens (tertiary/aromatic N) is 2. The Morgan fingerprint density at radius 3 is 2.41 bits per heavy atom. The van der Waals surface area contributed by atoms with E-state index in [1.54, 1.807) is 43.3 Å². The lowest BCUT2D eigenvalue weighted by atomic mass is 10.1. The largest absolute Gasteiger partial charge is 0.507 e. The molecule has 0 heterocycles. The first kappa shape index (κ1) is 20.4. The van der Waals surface area contributed by atoms with Crippen LogP contribution in [0.5, 0.6) is 5.75 Å². The predicted molar refractivity (Wildman–Crippen MR) is 107 cm³/mol. The number of carbonyl (C=O) groups is 1. The van der Waals surface area contributed by atoms with Crippen LogP contribution in [0.25, 0.3) is 0 Å². The molecule has 0 bridgehead atoms. The van der Waals surface area contributed by atoms with Crippen molar-refractivity contribution in [3.63, 3.8) is 0 Å². The van der Waals surface area contributed by atoms with Gasteiger partial charge in [0.1, 0.15) is 12.3 Å². The van der Waals surface area contributed by atoms with Crippen molar-refractivity contribution >= 4 is 27.3 Å². The summed E-state index contributed by atoms with van der Waals surface area (Å²) < 4.78 is 25.3. The number of rotatable bonds is 6. The van der Waals surface area contributed by atoms with E-state index in [9.17, 15) is 18.3 Å². The van der Waals surface area contributed by atoms with Crippen LogP contribution in [0.1, 0.15) is 23.6 Å². The molecule has 7 nitrogen and oxygen atoms in total. The van der Waals surface area contributed by atoms with Gasteiger partial charge in [-0.25, -0.2) is 13.8 Å². The second kappa shape index (κ2) is 8.22. The zero-order valence-corrected chi connectivity index (χ0v) is 16.5. The van der Waals surface area contributed by atoms with Crippen molar-refractivity contribution in [3.8, 4) is 5.75 Å². The van der Waals surface area contributed by atoms with Gasteiger partial charge in [0, 0.05) is 5.56 Å². The van der Waals surface area contributed by atoms with E-state index in [0.29, 0.717) is 17.0 Å². The number of aryl methyl sites for hydroxylation is 2. The molecule has 144 valence electrons. The first-order valence-corrected chi connectivity index (χ1v) is 10.1. The number of nitrogens with one attached hydrogen (secondary N) is 1. The van der Waals surface area contributed by atoms with Crippen molar-refractivity contribution < 1.29 is 18.3 Å². The smallest absolute Gasteiger partial charge is 0.260 e. The van der Waals surface area contributed by atoms with Crippen molar-refractivity contribution in [2.75, 3.05) is 17.1 Å². The van der Waals surface area contributed by atoms with Gasteiger partial charge in [0.15, 0.2) is 0 Å². The average Bonchev–Trinajstić information content (AvgIpc) is 2.59. The number of phenols is 1. The third-order valence-corrected chi connectivity index (χ3v) is 5.25. The summed E-state index contributed by atoms with van der Waals surface area (Å²) in [5, 5.41) is 13.8. The normalized spacial score (nSPS) is 11.9. The van der Waals surface area contributed by atoms with Crippen LogP contribution in [0.3, 0.4) is 0 Å². The molecule has 0 spiro atoms. The molecule has 0 saturated carbocycles. The van der Waals surface area contributed by atoms with Gasteiger partial charge in [-0.3, -0.25) is 9.10 Å². The van der Waals surface area contributed by atoms with E-state index in [2.05, 4.69) is 10.5 Å². The van der Waals surface area contributed by atoms with Crippen LogP contribution in [-0.2, 0) is 14.8 Å². The summed E-state index contributed by atoms with van der Waals surface area (Å²) in [6.07, 6.45) is 1.05. The Labute approximate surface area is 159 Å². The summed E-state index contributed by atoms with van der Waals surface area (Å²) in [6, 6.07) is 11.8. The number of para-hydroxylation sites is 1. The fourth-order valence-corrected chi connectivity index (χ4v) is 3.28. The molecule has 0 aromatic heterocycles. The number of benzene rings is 2. The maximum Gasteiger partial charge on any atom is 0.260 e. The highest BCUT2D eigenvalue weighted by Gasteiger charge is 2.21. The Hall–Kier alpha value is -2.87.